The SMILES string of the molecule is C=CCOc1ccc(NC(=O)C(=O)N/N=C\c2ccccc2OCC(=O)Nc2cccc(C(F)(F)F)c2)cc1. The minimum absolute atomic E-state index is 0.0359. The lowest BCUT2D eigenvalue weighted by Gasteiger charge is -2.11. The lowest BCUT2D eigenvalue weighted by atomic mass is 10.2. The molecule has 12 heteroatoms. The number of hydrogen-bond acceptors (Lipinski definition) is 6. The molecule has 0 radical (unpaired) electrons. The summed E-state index contributed by atoms with van der Waals surface area (Å²) in [6, 6.07) is 16.9. The Balaban J connectivity index is 1.51. The molecule has 0 heterocycles. The number of hydrogen-bond donors (Lipinski definition) is 3. The van der Waals surface area contributed by atoms with Crippen LogP contribution in [0.25, 0.3) is 0 Å². The highest BCUT2D eigenvalue weighted by molar-refractivity contribution is 6.39. The average molecular weight is 540 g/mol. The van der Waals surface area contributed by atoms with Crippen LogP contribution in [-0.2, 0) is 20.6 Å². The Morgan fingerprint density at radius 1 is 0.872 bits per heavy atom. The van der Waals surface area contributed by atoms with Crippen molar-refractivity contribution in [3.8, 4) is 11.5 Å². The number of halogens is 3. The van der Waals surface area contributed by atoms with Crippen molar-refractivity contribution in [2.24, 2.45) is 5.10 Å². The summed E-state index contributed by atoms with van der Waals surface area (Å²) >= 11 is 0. The second kappa shape index (κ2) is 13.4. The summed E-state index contributed by atoms with van der Waals surface area (Å²) in [5.74, 6) is -1.90. The van der Waals surface area contributed by atoms with E-state index in [4.69, 9.17) is 9.47 Å². The van der Waals surface area contributed by atoms with Crippen molar-refractivity contribution in [2.45, 2.75) is 6.18 Å². The van der Waals surface area contributed by atoms with Crippen LogP contribution < -0.4 is 25.5 Å². The van der Waals surface area contributed by atoms with Crippen LogP contribution >= 0.6 is 0 Å². The monoisotopic (exact) mass is 540 g/mol. The highest BCUT2D eigenvalue weighted by Crippen LogP contribution is 2.30. The van der Waals surface area contributed by atoms with E-state index in [-0.39, 0.29) is 11.4 Å². The molecular formula is C27H23F3N4O5. The molecule has 0 saturated heterocycles. The third kappa shape index (κ3) is 9.04. The Morgan fingerprint density at radius 3 is 2.33 bits per heavy atom. The molecule has 0 saturated carbocycles. The van der Waals surface area contributed by atoms with E-state index in [1.807, 2.05) is 0 Å². The number of benzene rings is 3. The largest absolute Gasteiger partial charge is 0.490 e. The first kappa shape index (κ1) is 28.4. The molecule has 0 atom stereocenters. The van der Waals surface area contributed by atoms with Crippen molar-refractivity contribution < 1.29 is 37.0 Å². The molecule has 9 nitrogen and oxygen atoms in total. The number of nitrogens with zero attached hydrogens (tertiary/aromatic N) is 1. The van der Waals surface area contributed by atoms with E-state index in [0.717, 1.165) is 12.1 Å². The number of hydrazone groups is 1. The van der Waals surface area contributed by atoms with Gasteiger partial charge in [-0.2, -0.15) is 18.3 Å². The normalized spacial score (nSPS) is 10.9. The molecule has 202 valence electrons. The molecule has 0 bridgehead atoms. The summed E-state index contributed by atoms with van der Waals surface area (Å²) in [4.78, 5) is 36.4. The minimum Gasteiger partial charge on any atom is -0.490 e. The van der Waals surface area contributed by atoms with E-state index < -0.39 is 36.1 Å². The number of ether oxygens (including phenoxy) is 2. The number of carbonyl (C=O) groups excluding carboxylic acids is 3. The molecule has 3 N–H and O–H groups in total. The van der Waals surface area contributed by atoms with Crippen LogP contribution in [0.5, 0.6) is 11.5 Å². The zero-order valence-electron chi connectivity index (χ0n) is 20.3. The summed E-state index contributed by atoms with van der Waals surface area (Å²) in [5.41, 5.74) is 1.88. The standard InChI is InChI=1S/C27H23F3N4O5/c1-2-14-38-22-12-10-20(11-13-22)33-25(36)26(37)34-31-16-18-6-3-4-9-23(18)39-17-24(35)32-21-8-5-7-19(15-21)27(28,29)30/h2-13,15-16H,1,14,17H2,(H,32,35)(H,33,36)(H,34,37)/b31-16-. The van der Waals surface area contributed by atoms with E-state index in [1.165, 1.54) is 24.4 Å². The molecule has 3 amide bonds. The maximum absolute atomic E-state index is 12.9. The van der Waals surface area contributed by atoms with Gasteiger partial charge in [-0.05, 0) is 54.6 Å². The smallest absolute Gasteiger partial charge is 0.416 e. The van der Waals surface area contributed by atoms with Crippen molar-refractivity contribution >= 4 is 35.3 Å². The van der Waals surface area contributed by atoms with Gasteiger partial charge in [0.2, 0.25) is 0 Å². The summed E-state index contributed by atoms with van der Waals surface area (Å²) in [5, 5.41) is 8.49. The number of rotatable bonds is 10. The third-order valence-electron chi connectivity index (χ3n) is 4.81. The summed E-state index contributed by atoms with van der Waals surface area (Å²) in [6.45, 7) is 3.37. The molecule has 0 aliphatic heterocycles. The second-order valence-electron chi connectivity index (χ2n) is 7.73. The van der Waals surface area contributed by atoms with Gasteiger partial charge in [-0.15, -0.1) is 0 Å². The molecule has 0 unspecified atom stereocenters. The van der Waals surface area contributed by atoms with E-state index in [1.54, 1.807) is 48.5 Å². The minimum atomic E-state index is -4.54. The maximum Gasteiger partial charge on any atom is 0.416 e. The van der Waals surface area contributed by atoms with Gasteiger partial charge in [0.1, 0.15) is 18.1 Å². The van der Waals surface area contributed by atoms with Crippen LogP contribution in [0.15, 0.2) is 90.6 Å². The van der Waals surface area contributed by atoms with E-state index in [2.05, 4.69) is 27.7 Å². The number of alkyl halides is 3. The number of carbonyl (C=O) groups is 3. The fourth-order valence-corrected chi connectivity index (χ4v) is 3.02. The number of amides is 3. The van der Waals surface area contributed by atoms with Gasteiger partial charge in [0.15, 0.2) is 6.61 Å². The predicted molar refractivity (Wildman–Crippen MR) is 139 cm³/mol. The van der Waals surface area contributed by atoms with Crippen LogP contribution in [0.4, 0.5) is 24.5 Å². The summed E-state index contributed by atoms with van der Waals surface area (Å²) in [7, 11) is 0. The highest BCUT2D eigenvalue weighted by atomic mass is 19.4. The molecule has 3 aromatic carbocycles. The van der Waals surface area contributed by atoms with Crippen molar-refractivity contribution in [3.63, 3.8) is 0 Å². The van der Waals surface area contributed by atoms with Crippen molar-refractivity contribution in [3.05, 3.63) is 96.6 Å². The molecule has 39 heavy (non-hydrogen) atoms. The maximum atomic E-state index is 12.9. The first-order valence-corrected chi connectivity index (χ1v) is 11.3. The van der Waals surface area contributed by atoms with Gasteiger partial charge in [-0.25, -0.2) is 5.43 Å². The van der Waals surface area contributed by atoms with Gasteiger partial charge in [-0.1, -0.05) is 30.9 Å². The van der Waals surface area contributed by atoms with E-state index in [9.17, 15) is 27.6 Å². The lowest BCUT2D eigenvalue weighted by molar-refractivity contribution is -0.137. The Kier molecular flexibility index (Phi) is 9.79. The highest BCUT2D eigenvalue weighted by Gasteiger charge is 2.30. The van der Waals surface area contributed by atoms with Crippen molar-refractivity contribution in [1.82, 2.24) is 5.43 Å². The van der Waals surface area contributed by atoms with Crippen molar-refractivity contribution in [2.75, 3.05) is 23.8 Å². The first-order chi connectivity index (χ1) is 18.7. The van der Waals surface area contributed by atoms with Gasteiger partial charge < -0.3 is 20.1 Å². The first-order valence-electron chi connectivity index (χ1n) is 11.3. The quantitative estimate of drug-likeness (QED) is 0.153. The molecule has 0 fully saturated rings. The molecular weight excluding hydrogens is 517 g/mol. The fraction of sp³-hybridized carbons (Fsp3) is 0.111. The van der Waals surface area contributed by atoms with Crippen LogP contribution in [0.1, 0.15) is 11.1 Å². The topological polar surface area (TPSA) is 118 Å². The summed E-state index contributed by atoms with van der Waals surface area (Å²) in [6.07, 6.45) is -1.75. The zero-order chi connectivity index (χ0) is 28.3. The molecule has 0 spiro atoms. The average Bonchev–Trinajstić information content (AvgIpc) is 2.91. The Bertz CT molecular complexity index is 1360. The summed E-state index contributed by atoms with van der Waals surface area (Å²) < 4.78 is 49.4. The Hall–Kier alpha value is -5.13. The van der Waals surface area contributed by atoms with Crippen LogP contribution in [0, 0.1) is 0 Å². The fourth-order valence-electron chi connectivity index (χ4n) is 3.02. The molecule has 0 aromatic heterocycles. The molecule has 3 aromatic rings. The van der Waals surface area contributed by atoms with E-state index in [0.29, 0.717) is 23.6 Å². The molecule has 0 aliphatic carbocycles. The molecule has 3 rings (SSSR count). The predicted octanol–water partition coefficient (Wildman–Crippen LogP) is 4.38. The van der Waals surface area contributed by atoms with Gasteiger partial charge in [0.25, 0.3) is 5.91 Å². The van der Waals surface area contributed by atoms with Crippen LogP contribution in [-0.4, -0.2) is 37.1 Å². The van der Waals surface area contributed by atoms with Gasteiger partial charge in [-0.3, -0.25) is 14.4 Å². The zero-order valence-corrected chi connectivity index (χ0v) is 20.3. The molecule has 0 aliphatic rings. The third-order valence-corrected chi connectivity index (χ3v) is 4.81. The number of anilines is 2. The van der Waals surface area contributed by atoms with Crippen LogP contribution in [0.2, 0.25) is 0 Å². The van der Waals surface area contributed by atoms with Gasteiger partial charge in [0.05, 0.1) is 11.8 Å². The Labute approximate surface area is 221 Å². The van der Waals surface area contributed by atoms with Gasteiger partial charge >= 0.3 is 18.0 Å². The van der Waals surface area contributed by atoms with Gasteiger partial charge in [0, 0.05) is 16.9 Å². The van der Waals surface area contributed by atoms with Crippen LogP contribution in [0.3, 0.4) is 0 Å². The Morgan fingerprint density at radius 2 is 1.62 bits per heavy atom. The van der Waals surface area contributed by atoms with Crippen molar-refractivity contribution in [1.29, 1.82) is 0 Å². The number of para-hydroxylation sites is 1. The second-order valence-corrected chi connectivity index (χ2v) is 7.73. The van der Waals surface area contributed by atoms with E-state index >= 15 is 0 Å². The number of nitrogens with one attached hydrogen (secondary N) is 3. The lowest BCUT2D eigenvalue weighted by Crippen LogP contribution is -2.32.